The van der Waals surface area contributed by atoms with E-state index in [1.165, 1.54) is 17.0 Å². The van der Waals surface area contributed by atoms with Crippen molar-refractivity contribution in [2.75, 3.05) is 17.4 Å². The van der Waals surface area contributed by atoms with Crippen LogP contribution in [0.25, 0.3) is 0 Å². The molecule has 4 aromatic carbocycles. The topological polar surface area (TPSA) is 86.8 Å². The molecule has 0 saturated carbocycles. The smallest absolute Gasteiger partial charge is 0.264 e. The molecule has 2 amide bonds. The van der Waals surface area contributed by atoms with Crippen molar-refractivity contribution in [3.8, 4) is 0 Å². The lowest BCUT2D eigenvalue weighted by Gasteiger charge is -2.34. The Morgan fingerprint density at radius 3 is 2.16 bits per heavy atom. The normalized spacial score (nSPS) is 11.9. The van der Waals surface area contributed by atoms with Crippen LogP contribution in [0.2, 0.25) is 5.02 Å². The number of benzene rings is 4. The Kier molecular flexibility index (Phi) is 11.0. The monoisotopic (exact) mass is 681 g/mol. The van der Waals surface area contributed by atoms with Gasteiger partial charge in [-0.1, -0.05) is 87.7 Å². The molecule has 1 unspecified atom stereocenters. The summed E-state index contributed by atoms with van der Waals surface area (Å²) in [6.07, 6.45) is 0.238. The van der Waals surface area contributed by atoms with Crippen molar-refractivity contribution in [2.45, 2.75) is 37.8 Å². The number of carbonyl (C=O) groups excluding carboxylic acids is 2. The van der Waals surface area contributed by atoms with E-state index in [0.717, 1.165) is 19.9 Å². The predicted octanol–water partition coefficient (Wildman–Crippen LogP) is 6.38. The molecule has 43 heavy (non-hydrogen) atoms. The standard InChI is InChI=1S/C33H33BrClN3O4S/c1-3-36-33(40)31(21-25-8-5-4-6-9-25)37(22-26-10-7-11-28(35)20-26)32(39)23-38(29-16-14-27(34)15-17-29)43(41,42)30-18-12-24(2)13-19-30/h4-20,31H,3,21-23H2,1-2H3,(H,36,40). The molecule has 0 fully saturated rings. The van der Waals surface area contributed by atoms with Crippen molar-refractivity contribution in [1.29, 1.82) is 0 Å². The van der Waals surface area contributed by atoms with Crippen LogP contribution in [-0.2, 0) is 32.6 Å². The molecule has 0 aliphatic heterocycles. The molecule has 0 bridgehead atoms. The first-order valence-corrected chi connectivity index (χ1v) is 16.4. The molecule has 0 aliphatic rings. The number of amides is 2. The van der Waals surface area contributed by atoms with E-state index in [4.69, 9.17) is 11.6 Å². The first-order chi connectivity index (χ1) is 20.6. The summed E-state index contributed by atoms with van der Waals surface area (Å²) in [4.78, 5) is 29.4. The van der Waals surface area contributed by atoms with E-state index in [1.807, 2.05) is 50.2 Å². The van der Waals surface area contributed by atoms with Gasteiger partial charge in [-0.3, -0.25) is 13.9 Å². The lowest BCUT2D eigenvalue weighted by Crippen LogP contribution is -2.53. The zero-order chi connectivity index (χ0) is 31.0. The second-order valence-electron chi connectivity index (χ2n) is 10.1. The predicted molar refractivity (Wildman–Crippen MR) is 174 cm³/mol. The van der Waals surface area contributed by atoms with E-state index >= 15 is 0 Å². The molecule has 7 nitrogen and oxygen atoms in total. The molecule has 0 spiro atoms. The molecule has 0 aliphatic carbocycles. The van der Waals surface area contributed by atoms with E-state index in [0.29, 0.717) is 22.8 Å². The third kappa shape index (κ3) is 8.46. The number of halogens is 2. The van der Waals surface area contributed by atoms with Gasteiger partial charge in [0, 0.05) is 29.0 Å². The maximum atomic E-state index is 14.4. The highest BCUT2D eigenvalue weighted by Crippen LogP contribution is 2.27. The number of rotatable bonds is 12. The van der Waals surface area contributed by atoms with Crippen molar-refractivity contribution in [1.82, 2.24) is 10.2 Å². The number of likely N-dealkylation sites (N-methyl/N-ethyl adjacent to an activating group) is 1. The SMILES string of the molecule is CCNC(=O)C(Cc1ccccc1)N(Cc1cccc(Cl)c1)C(=O)CN(c1ccc(Br)cc1)S(=O)(=O)c1ccc(C)cc1. The van der Waals surface area contributed by atoms with Gasteiger partial charge in [-0.05, 0) is 73.5 Å². The highest BCUT2D eigenvalue weighted by atomic mass is 79.9. The van der Waals surface area contributed by atoms with Crippen LogP contribution >= 0.6 is 27.5 Å². The molecule has 1 atom stereocenters. The highest BCUT2D eigenvalue weighted by Gasteiger charge is 2.34. The van der Waals surface area contributed by atoms with Crippen LogP contribution in [-0.4, -0.2) is 44.3 Å². The molecule has 0 saturated heterocycles. The summed E-state index contributed by atoms with van der Waals surface area (Å²) in [5.74, 6) is -0.871. The Labute approximate surface area is 266 Å². The van der Waals surface area contributed by atoms with Gasteiger partial charge in [0.05, 0.1) is 10.6 Å². The zero-order valence-corrected chi connectivity index (χ0v) is 27.1. The Morgan fingerprint density at radius 2 is 1.53 bits per heavy atom. The molecule has 10 heteroatoms. The van der Waals surface area contributed by atoms with Crippen molar-refractivity contribution in [2.24, 2.45) is 0 Å². The number of aryl methyl sites for hydroxylation is 1. The van der Waals surface area contributed by atoms with E-state index in [9.17, 15) is 18.0 Å². The van der Waals surface area contributed by atoms with Crippen molar-refractivity contribution in [3.63, 3.8) is 0 Å². The van der Waals surface area contributed by atoms with Crippen LogP contribution in [0.5, 0.6) is 0 Å². The van der Waals surface area contributed by atoms with Gasteiger partial charge in [0.1, 0.15) is 12.6 Å². The molecule has 224 valence electrons. The first kappa shape index (κ1) is 32.3. The summed E-state index contributed by atoms with van der Waals surface area (Å²) in [6, 6.07) is 28.7. The fourth-order valence-corrected chi connectivity index (χ4v) is 6.54. The number of sulfonamides is 1. The number of hydrogen-bond donors (Lipinski definition) is 1. The lowest BCUT2D eigenvalue weighted by molar-refractivity contribution is -0.140. The molecule has 0 aromatic heterocycles. The van der Waals surface area contributed by atoms with Gasteiger partial charge < -0.3 is 10.2 Å². The van der Waals surface area contributed by atoms with Crippen molar-refractivity contribution >= 4 is 55.1 Å². The summed E-state index contributed by atoms with van der Waals surface area (Å²) >= 11 is 9.67. The second kappa shape index (κ2) is 14.7. The molecule has 4 aromatic rings. The molecule has 0 radical (unpaired) electrons. The van der Waals surface area contributed by atoms with Crippen LogP contribution in [0.4, 0.5) is 5.69 Å². The third-order valence-electron chi connectivity index (χ3n) is 6.87. The summed E-state index contributed by atoms with van der Waals surface area (Å²) in [5, 5.41) is 3.34. The van der Waals surface area contributed by atoms with Gasteiger partial charge in [0.2, 0.25) is 11.8 Å². The maximum absolute atomic E-state index is 14.4. The Bertz CT molecular complexity index is 1650. The van der Waals surface area contributed by atoms with Gasteiger partial charge in [-0.25, -0.2) is 8.42 Å². The second-order valence-corrected chi connectivity index (χ2v) is 13.3. The first-order valence-electron chi connectivity index (χ1n) is 13.8. The summed E-state index contributed by atoms with van der Waals surface area (Å²) in [5.41, 5.74) is 2.79. The zero-order valence-electron chi connectivity index (χ0n) is 23.9. The van der Waals surface area contributed by atoms with Crippen molar-refractivity contribution in [3.05, 3.63) is 129 Å². The van der Waals surface area contributed by atoms with Crippen molar-refractivity contribution < 1.29 is 18.0 Å². The van der Waals surface area contributed by atoms with E-state index in [2.05, 4.69) is 21.2 Å². The van der Waals surface area contributed by atoms with Crippen LogP contribution in [0.1, 0.15) is 23.6 Å². The fraction of sp³-hybridized carbons (Fsp3) is 0.212. The average Bonchev–Trinajstić information content (AvgIpc) is 2.99. The summed E-state index contributed by atoms with van der Waals surface area (Å²) < 4.78 is 29.9. The summed E-state index contributed by atoms with van der Waals surface area (Å²) in [6.45, 7) is 3.57. The molecular weight excluding hydrogens is 650 g/mol. The number of hydrogen-bond acceptors (Lipinski definition) is 4. The highest BCUT2D eigenvalue weighted by molar-refractivity contribution is 9.10. The van der Waals surface area contributed by atoms with Gasteiger partial charge in [-0.15, -0.1) is 0 Å². The van der Waals surface area contributed by atoms with Gasteiger partial charge in [-0.2, -0.15) is 0 Å². The van der Waals surface area contributed by atoms with Gasteiger partial charge in [0.15, 0.2) is 0 Å². The Morgan fingerprint density at radius 1 is 0.884 bits per heavy atom. The molecule has 4 rings (SSSR count). The van der Waals surface area contributed by atoms with Crippen LogP contribution in [0, 0.1) is 6.92 Å². The summed E-state index contributed by atoms with van der Waals surface area (Å²) in [7, 11) is -4.16. The molecule has 1 N–H and O–H groups in total. The van der Waals surface area contributed by atoms with E-state index < -0.39 is 28.5 Å². The third-order valence-corrected chi connectivity index (χ3v) is 9.42. The molecular formula is C33H33BrClN3O4S. The van der Waals surface area contributed by atoms with E-state index in [1.54, 1.807) is 54.6 Å². The van der Waals surface area contributed by atoms with Crippen LogP contribution in [0.15, 0.2) is 112 Å². The number of nitrogens with zero attached hydrogens (tertiary/aromatic N) is 2. The minimum atomic E-state index is -4.16. The Balaban J connectivity index is 1.79. The Hall–Kier alpha value is -3.66. The average molecular weight is 683 g/mol. The fourth-order valence-electron chi connectivity index (χ4n) is 4.65. The minimum absolute atomic E-state index is 0.0484. The van der Waals surface area contributed by atoms with Gasteiger partial charge >= 0.3 is 0 Å². The van der Waals surface area contributed by atoms with Crippen LogP contribution < -0.4 is 9.62 Å². The largest absolute Gasteiger partial charge is 0.355 e. The van der Waals surface area contributed by atoms with Gasteiger partial charge in [0.25, 0.3) is 10.0 Å². The number of nitrogens with one attached hydrogen (secondary N) is 1. The van der Waals surface area contributed by atoms with E-state index in [-0.39, 0.29) is 23.8 Å². The quantitative estimate of drug-likeness (QED) is 0.188. The number of anilines is 1. The lowest BCUT2D eigenvalue weighted by atomic mass is 10.0. The minimum Gasteiger partial charge on any atom is -0.355 e. The maximum Gasteiger partial charge on any atom is 0.264 e. The number of carbonyl (C=O) groups is 2. The van der Waals surface area contributed by atoms with Crippen LogP contribution in [0.3, 0.4) is 0 Å². The molecule has 0 heterocycles.